The Balaban J connectivity index is 0.000000218. The van der Waals surface area contributed by atoms with E-state index in [1.807, 2.05) is 12.1 Å². The van der Waals surface area contributed by atoms with Crippen molar-refractivity contribution in [1.82, 2.24) is 16.0 Å². The fourth-order valence-electron chi connectivity index (χ4n) is 0.651. The van der Waals surface area contributed by atoms with E-state index in [9.17, 15) is 0 Å². The van der Waals surface area contributed by atoms with Crippen molar-refractivity contribution in [3.05, 3.63) is 0 Å². The zero-order valence-electron chi connectivity index (χ0n) is 6.46. The molecule has 0 aromatic heterocycles. The van der Waals surface area contributed by atoms with E-state index in [0.29, 0.717) is 0 Å². The van der Waals surface area contributed by atoms with Crippen molar-refractivity contribution in [2.24, 2.45) is 0 Å². The highest BCUT2D eigenvalue weighted by molar-refractivity contribution is 4.99. The van der Waals surface area contributed by atoms with E-state index in [1.54, 1.807) is 0 Å². The molecule has 5 nitrogen and oxygen atoms in total. The summed E-state index contributed by atoms with van der Waals surface area (Å²) in [5, 5.41) is 16.6. The molecular formula is C6H11N5. The average Bonchev–Trinajstić information content (AvgIpc) is 2.07. The summed E-state index contributed by atoms with van der Waals surface area (Å²) in [6.45, 7) is 2.23. The molecule has 5 heteroatoms. The van der Waals surface area contributed by atoms with Crippen LogP contribution in [-0.4, -0.2) is 25.1 Å². The number of hydrazine groups is 2. The van der Waals surface area contributed by atoms with Crippen LogP contribution in [0.15, 0.2) is 0 Å². The lowest BCUT2D eigenvalue weighted by Gasteiger charge is -2.23. The zero-order chi connectivity index (χ0) is 8.53. The van der Waals surface area contributed by atoms with Crippen molar-refractivity contribution in [3.8, 4) is 12.1 Å². The van der Waals surface area contributed by atoms with Gasteiger partial charge >= 0.3 is 0 Å². The second-order valence-corrected chi connectivity index (χ2v) is 2.04. The van der Waals surface area contributed by atoms with Crippen molar-refractivity contribution in [1.29, 1.82) is 10.5 Å². The van der Waals surface area contributed by atoms with Crippen molar-refractivity contribution in [2.75, 3.05) is 20.1 Å². The molecule has 60 valence electrons. The Morgan fingerprint density at radius 3 is 2.18 bits per heavy atom. The molecule has 0 spiro atoms. The summed E-state index contributed by atoms with van der Waals surface area (Å²) in [4.78, 5) is 0. The smallest absolute Gasteiger partial charge is 0.181 e. The van der Waals surface area contributed by atoms with Crippen LogP contribution in [0.4, 0.5) is 0 Å². The highest BCUT2D eigenvalue weighted by atomic mass is 15.7. The van der Waals surface area contributed by atoms with Gasteiger partial charge in [0.15, 0.2) is 12.1 Å². The standard InChI is InChI=1S/C4H11N3.C2N2/c1-7-4-2-3-5-6-7;3-1-2-4/h5-6H,2-4H2,1H3;. The molecule has 1 heterocycles. The Bertz CT molecular complexity index is 147. The maximum Gasteiger partial charge on any atom is 0.181 e. The Hall–Kier alpha value is -1.14. The van der Waals surface area contributed by atoms with Crippen LogP contribution >= 0.6 is 0 Å². The number of nitrogens with zero attached hydrogens (tertiary/aromatic N) is 3. The number of hydrogen-bond donors (Lipinski definition) is 2. The molecule has 0 aliphatic carbocycles. The third-order valence-electron chi connectivity index (χ3n) is 1.12. The van der Waals surface area contributed by atoms with Crippen LogP contribution in [0.2, 0.25) is 0 Å². The van der Waals surface area contributed by atoms with Gasteiger partial charge in [-0.3, -0.25) is 0 Å². The van der Waals surface area contributed by atoms with E-state index in [4.69, 9.17) is 10.5 Å². The minimum Gasteiger partial charge on any atom is -0.244 e. The van der Waals surface area contributed by atoms with E-state index in [-0.39, 0.29) is 0 Å². The highest BCUT2D eigenvalue weighted by Gasteiger charge is 1.99. The molecule has 1 fully saturated rings. The molecule has 0 radical (unpaired) electrons. The van der Waals surface area contributed by atoms with Gasteiger partial charge in [-0.15, -0.1) is 0 Å². The van der Waals surface area contributed by atoms with E-state index in [2.05, 4.69) is 11.0 Å². The zero-order valence-corrected chi connectivity index (χ0v) is 6.46. The molecule has 0 saturated carbocycles. The maximum absolute atomic E-state index is 7.26. The van der Waals surface area contributed by atoms with Gasteiger partial charge in [0.25, 0.3) is 0 Å². The SMILES string of the molecule is CN1CCCNN1.N#CC#N. The first-order valence-corrected chi connectivity index (χ1v) is 3.29. The quantitative estimate of drug-likeness (QED) is 0.484. The van der Waals surface area contributed by atoms with Gasteiger partial charge in [-0.25, -0.2) is 10.4 Å². The van der Waals surface area contributed by atoms with E-state index in [1.165, 1.54) is 18.6 Å². The Morgan fingerprint density at radius 2 is 2.00 bits per heavy atom. The molecule has 0 bridgehead atoms. The molecular weight excluding hydrogens is 142 g/mol. The molecule has 0 aromatic rings. The second-order valence-electron chi connectivity index (χ2n) is 2.04. The average molecular weight is 153 g/mol. The lowest BCUT2D eigenvalue weighted by molar-refractivity contribution is 0.153. The molecule has 0 amide bonds. The first-order chi connectivity index (χ1) is 5.31. The lowest BCUT2D eigenvalue weighted by Crippen LogP contribution is -2.50. The summed E-state index contributed by atoms with van der Waals surface area (Å²) in [5.74, 6) is 0. The largest absolute Gasteiger partial charge is 0.244 e. The fourth-order valence-corrected chi connectivity index (χ4v) is 0.651. The van der Waals surface area contributed by atoms with Crippen LogP contribution in [0.5, 0.6) is 0 Å². The van der Waals surface area contributed by atoms with Crippen LogP contribution in [0.25, 0.3) is 0 Å². The van der Waals surface area contributed by atoms with Crippen LogP contribution in [0.3, 0.4) is 0 Å². The number of nitrogens with one attached hydrogen (secondary N) is 2. The van der Waals surface area contributed by atoms with Gasteiger partial charge in [-0.2, -0.15) is 16.1 Å². The number of nitriles is 2. The molecule has 1 saturated heterocycles. The molecule has 0 aromatic carbocycles. The van der Waals surface area contributed by atoms with Crippen LogP contribution in [-0.2, 0) is 0 Å². The molecule has 2 N–H and O–H groups in total. The van der Waals surface area contributed by atoms with Crippen molar-refractivity contribution in [3.63, 3.8) is 0 Å². The van der Waals surface area contributed by atoms with Gasteiger partial charge in [-0.1, -0.05) is 0 Å². The van der Waals surface area contributed by atoms with E-state index >= 15 is 0 Å². The van der Waals surface area contributed by atoms with Gasteiger partial charge in [0.2, 0.25) is 0 Å². The maximum atomic E-state index is 7.26. The summed E-state index contributed by atoms with van der Waals surface area (Å²) in [6.07, 6.45) is 1.24. The van der Waals surface area contributed by atoms with Crippen LogP contribution in [0, 0.1) is 22.7 Å². The Labute approximate surface area is 66.1 Å². The molecule has 1 aliphatic heterocycles. The Morgan fingerprint density at radius 1 is 1.36 bits per heavy atom. The van der Waals surface area contributed by atoms with Gasteiger partial charge < -0.3 is 0 Å². The second kappa shape index (κ2) is 6.97. The predicted molar refractivity (Wildman–Crippen MR) is 39.6 cm³/mol. The third-order valence-corrected chi connectivity index (χ3v) is 1.12. The van der Waals surface area contributed by atoms with Gasteiger partial charge in [0.1, 0.15) is 0 Å². The van der Waals surface area contributed by atoms with E-state index < -0.39 is 0 Å². The number of rotatable bonds is 0. The minimum absolute atomic E-state index is 1.09. The van der Waals surface area contributed by atoms with Gasteiger partial charge in [0, 0.05) is 20.1 Å². The van der Waals surface area contributed by atoms with E-state index in [0.717, 1.165) is 13.1 Å². The first kappa shape index (κ1) is 9.86. The van der Waals surface area contributed by atoms with Crippen molar-refractivity contribution in [2.45, 2.75) is 6.42 Å². The third kappa shape index (κ3) is 6.75. The van der Waals surface area contributed by atoms with Crippen LogP contribution < -0.4 is 11.0 Å². The minimum atomic E-state index is 1.09. The normalized spacial score (nSPS) is 17.0. The summed E-state index contributed by atoms with van der Waals surface area (Å²) in [7, 11) is 2.02. The van der Waals surface area contributed by atoms with Gasteiger partial charge in [-0.05, 0) is 6.42 Å². The topological polar surface area (TPSA) is 74.9 Å². The van der Waals surface area contributed by atoms with Crippen molar-refractivity contribution < 1.29 is 0 Å². The summed E-state index contributed by atoms with van der Waals surface area (Å²) in [5.41, 5.74) is 5.98. The molecule has 0 unspecified atom stereocenters. The summed E-state index contributed by atoms with van der Waals surface area (Å²) < 4.78 is 0. The molecule has 11 heavy (non-hydrogen) atoms. The predicted octanol–water partition coefficient (Wildman–Crippen LogP) is -0.635. The first-order valence-electron chi connectivity index (χ1n) is 3.29. The highest BCUT2D eigenvalue weighted by Crippen LogP contribution is 1.83. The summed E-state index contributed by atoms with van der Waals surface area (Å²) in [6, 6.07) is 2.47. The molecule has 0 atom stereocenters. The van der Waals surface area contributed by atoms with Crippen LogP contribution in [0.1, 0.15) is 6.42 Å². The van der Waals surface area contributed by atoms with Gasteiger partial charge in [0.05, 0.1) is 0 Å². The Kier molecular flexibility index (Phi) is 6.25. The summed E-state index contributed by atoms with van der Waals surface area (Å²) >= 11 is 0. The lowest BCUT2D eigenvalue weighted by atomic mass is 10.4. The fraction of sp³-hybridized carbons (Fsp3) is 0.667. The molecule has 1 aliphatic rings. The van der Waals surface area contributed by atoms with Crippen molar-refractivity contribution >= 4 is 0 Å². The molecule has 1 rings (SSSR count). The number of hydrogen-bond acceptors (Lipinski definition) is 5. The monoisotopic (exact) mass is 153 g/mol.